The molecule has 0 atom stereocenters. The van der Waals surface area contributed by atoms with Gasteiger partial charge in [-0.05, 0) is 31.1 Å². The van der Waals surface area contributed by atoms with Gasteiger partial charge in [0.05, 0.1) is 0 Å². The highest BCUT2D eigenvalue weighted by atomic mass is 32.2. The Morgan fingerprint density at radius 3 is 2.38 bits per heavy atom. The average molecular weight is 128 g/mol. The molecule has 0 unspecified atom stereocenters. The maximum Gasteiger partial charge on any atom is -0.0182 e. The summed E-state index contributed by atoms with van der Waals surface area (Å²) < 4.78 is 0. The molecule has 0 heterocycles. The van der Waals surface area contributed by atoms with Crippen LogP contribution in [0.2, 0.25) is 0 Å². The number of hydrogen-bond donors (Lipinski definition) is 0. The number of allylic oxidation sites excluding steroid dienone is 3. The Labute approximate surface area is 55.7 Å². The third-order valence-electron chi connectivity index (χ3n) is 0.797. The third kappa shape index (κ3) is 4.00. The van der Waals surface area contributed by atoms with Gasteiger partial charge in [-0.15, -0.1) is 11.8 Å². The van der Waals surface area contributed by atoms with Gasteiger partial charge < -0.3 is 0 Å². The van der Waals surface area contributed by atoms with Crippen molar-refractivity contribution >= 4 is 11.8 Å². The number of thioether (sulfide) groups is 1. The Morgan fingerprint density at radius 2 is 2.00 bits per heavy atom. The van der Waals surface area contributed by atoms with Crippen molar-refractivity contribution in [2.75, 3.05) is 0 Å². The van der Waals surface area contributed by atoms with Gasteiger partial charge in [-0.3, -0.25) is 0 Å². The van der Waals surface area contributed by atoms with E-state index >= 15 is 0 Å². The second-order valence-electron chi connectivity index (χ2n) is 1.49. The van der Waals surface area contributed by atoms with Gasteiger partial charge in [0.15, 0.2) is 0 Å². The molecule has 8 heavy (non-hydrogen) atoms. The molecule has 0 bridgehead atoms. The smallest absolute Gasteiger partial charge is 0.0182 e. The van der Waals surface area contributed by atoms with E-state index < -0.39 is 0 Å². The van der Waals surface area contributed by atoms with Crippen molar-refractivity contribution in [2.24, 2.45) is 0 Å². The summed E-state index contributed by atoms with van der Waals surface area (Å²) in [5.41, 5.74) is 0. The third-order valence-corrected chi connectivity index (χ3v) is 1.81. The topological polar surface area (TPSA) is 0 Å². The van der Waals surface area contributed by atoms with Gasteiger partial charge in [-0.2, -0.15) is 0 Å². The van der Waals surface area contributed by atoms with Gasteiger partial charge in [-0.1, -0.05) is 12.2 Å². The fraction of sp³-hybridized carbons (Fsp3) is 0.429. The van der Waals surface area contributed by atoms with E-state index in [1.165, 1.54) is 4.91 Å². The van der Waals surface area contributed by atoms with Crippen molar-refractivity contribution in [3.63, 3.8) is 0 Å². The SMILES string of the molecule is C/C=C(/C)S/C=C/C. The molecule has 0 aliphatic heterocycles. The molecule has 0 saturated carbocycles. The van der Waals surface area contributed by atoms with E-state index in [1.54, 1.807) is 11.8 Å². The molecular weight excluding hydrogens is 116 g/mol. The molecule has 0 saturated heterocycles. The van der Waals surface area contributed by atoms with Crippen LogP contribution in [0.3, 0.4) is 0 Å². The number of hydrogen-bond acceptors (Lipinski definition) is 1. The fourth-order valence-corrected chi connectivity index (χ4v) is 0.730. The van der Waals surface area contributed by atoms with Crippen LogP contribution in [0.4, 0.5) is 0 Å². The van der Waals surface area contributed by atoms with Crippen LogP contribution in [-0.4, -0.2) is 0 Å². The first-order valence-electron chi connectivity index (χ1n) is 2.72. The molecule has 0 aromatic carbocycles. The fourth-order valence-electron chi connectivity index (χ4n) is 0.243. The van der Waals surface area contributed by atoms with E-state index in [9.17, 15) is 0 Å². The molecule has 0 amide bonds. The molecule has 0 aliphatic rings. The van der Waals surface area contributed by atoms with Gasteiger partial charge in [0.25, 0.3) is 0 Å². The normalized spacial score (nSPS) is 13.1. The molecule has 0 rings (SSSR count). The lowest BCUT2D eigenvalue weighted by atomic mass is 10.6. The molecule has 0 aliphatic carbocycles. The van der Waals surface area contributed by atoms with Crippen LogP contribution in [-0.2, 0) is 0 Å². The first-order chi connectivity index (χ1) is 3.81. The van der Waals surface area contributed by atoms with Crippen molar-refractivity contribution in [1.82, 2.24) is 0 Å². The van der Waals surface area contributed by atoms with Crippen LogP contribution >= 0.6 is 11.8 Å². The summed E-state index contributed by atoms with van der Waals surface area (Å²) in [5, 5.41) is 2.08. The van der Waals surface area contributed by atoms with Crippen molar-refractivity contribution in [3.8, 4) is 0 Å². The van der Waals surface area contributed by atoms with Crippen LogP contribution in [0.15, 0.2) is 22.5 Å². The minimum Gasteiger partial charge on any atom is -0.104 e. The van der Waals surface area contributed by atoms with E-state index in [1.807, 2.05) is 19.9 Å². The van der Waals surface area contributed by atoms with E-state index in [0.29, 0.717) is 0 Å². The minimum atomic E-state index is 1.35. The maximum absolute atomic E-state index is 2.10. The van der Waals surface area contributed by atoms with Gasteiger partial charge in [0.1, 0.15) is 0 Å². The Hall–Kier alpha value is -0.170. The first-order valence-corrected chi connectivity index (χ1v) is 3.60. The second kappa shape index (κ2) is 4.98. The maximum atomic E-state index is 2.10. The zero-order valence-electron chi connectivity index (χ0n) is 5.64. The minimum absolute atomic E-state index is 1.35. The molecule has 1 heteroatoms. The molecule has 0 aromatic heterocycles. The summed E-state index contributed by atoms with van der Waals surface area (Å²) in [5.74, 6) is 0. The van der Waals surface area contributed by atoms with Crippen LogP contribution in [0.5, 0.6) is 0 Å². The van der Waals surface area contributed by atoms with E-state index in [0.717, 1.165) is 0 Å². The molecule has 0 fully saturated rings. The quantitative estimate of drug-likeness (QED) is 0.550. The van der Waals surface area contributed by atoms with Gasteiger partial charge in [0, 0.05) is 0 Å². The molecule has 0 radical (unpaired) electrons. The molecule has 0 nitrogen and oxygen atoms in total. The summed E-state index contributed by atoms with van der Waals surface area (Å²) in [6, 6.07) is 0. The van der Waals surface area contributed by atoms with Gasteiger partial charge in [0.2, 0.25) is 0 Å². The molecule has 0 spiro atoms. The van der Waals surface area contributed by atoms with Crippen LogP contribution in [0.25, 0.3) is 0 Å². The van der Waals surface area contributed by atoms with E-state index in [4.69, 9.17) is 0 Å². The highest BCUT2D eigenvalue weighted by molar-refractivity contribution is 8.05. The lowest BCUT2D eigenvalue weighted by Gasteiger charge is -1.88. The lowest BCUT2D eigenvalue weighted by molar-refractivity contribution is 1.60. The largest absolute Gasteiger partial charge is 0.104 e. The Balaban J connectivity index is 3.40. The molecular formula is C7H12S. The Morgan fingerprint density at radius 1 is 1.38 bits per heavy atom. The summed E-state index contributed by atoms with van der Waals surface area (Å²) in [7, 11) is 0. The van der Waals surface area contributed by atoms with E-state index in [2.05, 4.69) is 18.4 Å². The summed E-state index contributed by atoms with van der Waals surface area (Å²) in [6.45, 7) is 6.17. The molecule has 0 N–H and O–H groups in total. The van der Waals surface area contributed by atoms with Crippen LogP contribution in [0.1, 0.15) is 20.8 Å². The molecule has 46 valence electrons. The standard InChI is InChI=1S/C7H12S/c1-4-6-8-7(3)5-2/h4-6H,1-3H3/b6-4+,7-5-. The van der Waals surface area contributed by atoms with Crippen molar-refractivity contribution in [2.45, 2.75) is 20.8 Å². The Bertz CT molecular complexity index is 101. The zero-order chi connectivity index (χ0) is 6.41. The summed E-state index contributed by atoms with van der Waals surface area (Å²) in [4.78, 5) is 1.35. The lowest BCUT2D eigenvalue weighted by Crippen LogP contribution is -1.57. The highest BCUT2D eigenvalue weighted by Gasteiger charge is 1.78. The second-order valence-corrected chi connectivity index (χ2v) is 2.64. The van der Waals surface area contributed by atoms with Crippen LogP contribution < -0.4 is 0 Å². The van der Waals surface area contributed by atoms with Crippen molar-refractivity contribution < 1.29 is 0 Å². The predicted molar refractivity (Wildman–Crippen MR) is 41.8 cm³/mol. The van der Waals surface area contributed by atoms with E-state index in [-0.39, 0.29) is 0 Å². The predicted octanol–water partition coefficient (Wildman–Crippen LogP) is 3.18. The summed E-state index contributed by atoms with van der Waals surface area (Å²) in [6.07, 6.45) is 4.14. The Kier molecular flexibility index (Phi) is 4.87. The van der Waals surface area contributed by atoms with Crippen LogP contribution in [0, 0.1) is 0 Å². The van der Waals surface area contributed by atoms with Gasteiger partial charge >= 0.3 is 0 Å². The van der Waals surface area contributed by atoms with Crippen molar-refractivity contribution in [1.29, 1.82) is 0 Å². The van der Waals surface area contributed by atoms with Gasteiger partial charge in [-0.25, -0.2) is 0 Å². The van der Waals surface area contributed by atoms with Crippen molar-refractivity contribution in [3.05, 3.63) is 22.5 Å². The number of rotatable bonds is 2. The highest BCUT2D eigenvalue weighted by Crippen LogP contribution is 2.14. The average Bonchev–Trinajstić information content (AvgIpc) is 1.83. The first kappa shape index (κ1) is 7.83. The summed E-state index contributed by atoms with van der Waals surface area (Å²) >= 11 is 1.76. The monoisotopic (exact) mass is 128 g/mol. The zero-order valence-corrected chi connectivity index (χ0v) is 6.46. The molecule has 0 aromatic rings.